The van der Waals surface area contributed by atoms with Gasteiger partial charge in [0.2, 0.25) is 0 Å². The Kier molecular flexibility index (Phi) is 4.61. The smallest absolute Gasteiger partial charge is 0.310 e. The summed E-state index contributed by atoms with van der Waals surface area (Å²) in [5.74, 6) is 0.586. The normalized spacial score (nSPS) is 23.3. The second-order valence-electron chi connectivity index (χ2n) is 8.38. The van der Waals surface area contributed by atoms with Gasteiger partial charge in [-0.05, 0) is 60.4 Å². The lowest BCUT2D eigenvalue weighted by molar-refractivity contribution is -0.139. The molecule has 31 heavy (non-hydrogen) atoms. The van der Waals surface area contributed by atoms with Gasteiger partial charge in [-0.2, -0.15) is 23.5 Å². The van der Waals surface area contributed by atoms with E-state index >= 15 is 0 Å². The van der Waals surface area contributed by atoms with Crippen molar-refractivity contribution in [3.63, 3.8) is 0 Å². The van der Waals surface area contributed by atoms with Gasteiger partial charge in [0.1, 0.15) is 5.82 Å². The Labute approximate surface area is 175 Å². The van der Waals surface area contributed by atoms with E-state index in [1.807, 2.05) is 4.90 Å². The Morgan fingerprint density at radius 3 is 2.55 bits per heavy atom. The zero-order chi connectivity index (χ0) is 21.8. The number of aromatic nitrogens is 3. The molecule has 1 unspecified atom stereocenters. The van der Waals surface area contributed by atoms with Crippen molar-refractivity contribution in [3.05, 3.63) is 53.7 Å². The van der Waals surface area contributed by atoms with Crippen LogP contribution in [0.25, 0.3) is 16.8 Å². The standard InChI is InChI=1S/C22H19F4N5/c23-19-6-5-13(8-18(19)22(24,25)26)16-2-1-7-31-21(16)28-20(29-31)9-17-14-3-4-15(17)11-30(10-14)12-27/h1-2,5-8,14-15,17H,3-4,9-11H2/t14-,15+,17?. The highest BCUT2D eigenvalue weighted by molar-refractivity contribution is 5.77. The van der Waals surface area contributed by atoms with Crippen LogP contribution in [0.15, 0.2) is 36.5 Å². The summed E-state index contributed by atoms with van der Waals surface area (Å²) in [6.45, 7) is 1.51. The van der Waals surface area contributed by atoms with Crippen LogP contribution < -0.4 is 0 Å². The molecule has 0 amide bonds. The van der Waals surface area contributed by atoms with Gasteiger partial charge in [0, 0.05) is 31.3 Å². The predicted octanol–water partition coefficient (Wildman–Crippen LogP) is 4.54. The molecule has 1 aliphatic carbocycles. The maximum atomic E-state index is 13.7. The minimum atomic E-state index is -4.78. The van der Waals surface area contributed by atoms with Crippen LogP contribution in [0.1, 0.15) is 24.2 Å². The van der Waals surface area contributed by atoms with Crippen molar-refractivity contribution in [2.75, 3.05) is 13.1 Å². The molecule has 0 N–H and O–H groups in total. The summed E-state index contributed by atoms with van der Waals surface area (Å²) < 4.78 is 54.8. The molecular formula is C22H19F4N5. The number of pyridine rings is 1. The third-order valence-corrected chi connectivity index (χ3v) is 6.58. The van der Waals surface area contributed by atoms with Crippen LogP contribution in [0, 0.1) is 35.0 Å². The Morgan fingerprint density at radius 1 is 1.13 bits per heavy atom. The van der Waals surface area contributed by atoms with E-state index in [9.17, 15) is 22.8 Å². The molecule has 9 heteroatoms. The molecule has 1 aliphatic heterocycles. The van der Waals surface area contributed by atoms with Gasteiger partial charge in [0.15, 0.2) is 17.7 Å². The molecule has 2 fully saturated rings. The first-order chi connectivity index (χ1) is 14.8. The van der Waals surface area contributed by atoms with E-state index in [0.717, 1.165) is 38.1 Å². The third kappa shape index (κ3) is 3.50. The maximum absolute atomic E-state index is 13.7. The Balaban J connectivity index is 1.48. The maximum Gasteiger partial charge on any atom is 0.419 e. The molecule has 5 rings (SSSR count). The van der Waals surface area contributed by atoms with Gasteiger partial charge >= 0.3 is 6.18 Å². The zero-order valence-electron chi connectivity index (χ0n) is 16.5. The molecule has 1 saturated carbocycles. The van der Waals surface area contributed by atoms with Crippen LogP contribution >= 0.6 is 0 Å². The molecule has 0 spiro atoms. The highest BCUT2D eigenvalue weighted by atomic mass is 19.4. The van der Waals surface area contributed by atoms with E-state index in [2.05, 4.69) is 16.3 Å². The first-order valence-corrected chi connectivity index (χ1v) is 10.2. The number of alkyl halides is 3. The average molecular weight is 429 g/mol. The number of fused-ring (bicyclic) bond motifs is 3. The second-order valence-corrected chi connectivity index (χ2v) is 8.38. The summed E-state index contributed by atoms with van der Waals surface area (Å²) in [5.41, 5.74) is -0.152. The lowest BCUT2D eigenvalue weighted by atomic mass is 9.83. The van der Waals surface area contributed by atoms with E-state index in [1.54, 1.807) is 22.8 Å². The van der Waals surface area contributed by atoms with E-state index < -0.39 is 17.6 Å². The van der Waals surface area contributed by atoms with E-state index in [4.69, 9.17) is 0 Å². The van der Waals surface area contributed by atoms with Crippen molar-refractivity contribution in [2.24, 2.45) is 17.8 Å². The zero-order valence-corrected chi connectivity index (χ0v) is 16.5. The molecule has 0 radical (unpaired) electrons. The van der Waals surface area contributed by atoms with Gasteiger partial charge in [0.25, 0.3) is 0 Å². The number of benzene rings is 1. The van der Waals surface area contributed by atoms with Crippen LogP contribution in [0.3, 0.4) is 0 Å². The fourth-order valence-electron chi connectivity index (χ4n) is 5.13. The average Bonchev–Trinajstić information content (AvgIpc) is 3.24. The van der Waals surface area contributed by atoms with E-state index in [0.29, 0.717) is 41.2 Å². The van der Waals surface area contributed by atoms with Gasteiger partial charge in [-0.15, -0.1) is 0 Å². The third-order valence-electron chi connectivity index (χ3n) is 6.58. The highest BCUT2D eigenvalue weighted by Gasteiger charge is 2.42. The molecule has 2 aromatic heterocycles. The first-order valence-electron chi connectivity index (χ1n) is 10.2. The largest absolute Gasteiger partial charge is 0.419 e. The number of likely N-dealkylation sites (tertiary alicyclic amines) is 1. The SMILES string of the molecule is N#CN1C[C@H]2CC[C@@H](C1)C2Cc1nc2c(-c3ccc(F)c(C(F)(F)F)c3)cccn2n1. The first kappa shape index (κ1) is 19.8. The van der Waals surface area contributed by atoms with Gasteiger partial charge in [-0.1, -0.05) is 6.07 Å². The molecule has 3 heterocycles. The van der Waals surface area contributed by atoms with Gasteiger partial charge in [0.05, 0.1) is 5.56 Å². The summed E-state index contributed by atoms with van der Waals surface area (Å²) in [7, 11) is 0. The molecule has 1 saturated heterocycles. The number of nitrogens with zero attached hydrogens (tertiary/aromatic N) is 5. The van der Waals surface area contributed by atoms with Crippen LogP contribution in [0.2, 0.25) is 0 Å². The van der Waals surface area contributed by atoms with Gasteiger partial charge < -0.3 is 4.90 Å². The molecule has 3 atom stereocenters. The molecule has 3 aromatic rings. The number of hydrogen-bond acceptors (Lipinski definition) is 4. The number of rotatable bonds is 3. The minimum absolute atomic E-state index is 0.237. The Bertz CT molecular complexity index is 1160. The summed E-state index contributed by atoms with van der Waals surface area (Å²) in [5, 5.41) is 13.8. The Morgan fingerprint density at radius 2 is 1.87 bits per heavy atom. The lowest BCUT2D eigenvalue weighted by Crippen LogP contribution is -2.40. The topological polar surface area (TPSA) is 57.2 Å². The van der Waals surface area contributed by atoms with Crippen molar-refractivity contribution in [2.45, 2.75) is 25.4 Å². The summed E-state index contributed by atoms with van der Waals surface area (Å²) in [4.78, 5) is 6.45. The lowest BCUT2D eigenvalue weighted by Gasteiger charge is -2.34. The highest BCUT2D eigenvalue weighted by Crippen LogP contribution is 2.43. The molecule has 2 aliphatic rings. The molecule has 1 aromatic carbocycles. The van der Waals surface area contributed by atoms with E-state index in [-0.39, 0.29) is 5.56 Å². The van der Waals surface area contributed by atoms with E-state index in [1.165, 1.54) is 6.07 Å². The van der Waals surface area contributed by atoms with Gasteiger partial charge in [-0.3, -0.25) is 0 Å². The number of hydrogen-bond donors (Lipinski definition) is 0. The van der Waals surface area contributed by atoms with Crippen molar-refractivity contribution < 1.29 is 17.6 Å². The van der Waals surface area contributed by atoms with Crippen molar-refractivity contribution >= 4 is 5.65 Å². The van der Waals surface area contributed by atoms with Crippen LogP contribution in [-0.4, -0.2) is 32.6 Å². The summed E-state index contributed by atoms with van der Waals surface area (Å²) >= 11 is 0. The molecular weight excluding hydrogens is 410 g/mol. The van der Waals surface area contributed by atoms with Crippen molar-refractivity contribution in [1.82, 2.24) is 19.5 Å². The number of nitriles is 1. The van der Waals surface area contributed by atoms with Gasteiger partial charge in [-0.25, -0.2) is 13.9 Å². The predicted molar refractivity (Wildman–Crippen MR) is 104 cm³/mol. The summed E-state index contributed by atoms with van der Waals surface area (Å²) in [6, 6.07) is 6.32. The summed E-state index contributed by atoms with van der Waals surface area (Å²) in [6.07, 6.45) is 2.02. The molecule has 5 nitrogen and oxygen atoms in total. The second kappa shape index (κ2) is 7.22. The van der Waals surface area contributed by atoms with Crippen LogP contribution in [-0.2, 0) is 12.6 Å². The van der Waals surface area contributed by atoms with Crippen molar-refractivity contribution in [1.29, 1.82) is 5.26 Å². The van der Waals surface area contributed by atoms with Crippen molar-refractivity contribution in [3.8, 4) is 17.3 Å². The monoisotopic (exact) mass is 429 g/mol. The quantitative estimate of drug-likeness (QED) is 0.453. The van der Waals surface area contributed by atoms with Crippen LogP contribution in [0.4, 0.5) is 17.6 Å². The number of halogens is 4. The minimum Gasteiger partial charge on any atom is -0.310 e. The fourth-order valence-corrected chi connectivity index (χ4v) is 5.13. The molecule has 160 valence electrons. The number of piperidine rings is 1. The fraction of sp³-hybridized carbons (Fsp3) is 0.409. The van der Waals surface area contributed by atoms with Crippen LogP contribution in [0.5, 0.6) is 0 Å². The Hall–Kier alpha value is -3.15. The molecule has 2 bridgehead atoms.